The lowest BCUT2D eigenvalue weighted by atomic mass is 9.95. The van der Waals surface area contributed by atoms with Crippen LogP contribution in [0.5, 0.6) is 0 Å². The van der Waals surface area contributed by atoms with Crippen LogP contribution in [0, 0.1) is 0 Å². The first-order chi connectivity index (χ1) is 7.34. The highest BCUT2D eigenvalue weighted by Crippen LogP contribution is 2.12. The van der Waals surface area contributed by atoms with Crippen molar-refractivity contribution in [3.8, 4) is 0 Å². The van der Waals surface area contributed by atoms with Gasteiger partial charge in [0.15, 0.2) is 0 Å². The van der Waals surface area contributed by atoms with Gasteiger partial charge in [0, 0.05) is 11.6 Å². The zero-order valence-corrected chi connectivity index (χ0v) is 11.2. The SMILES string of the molecule is CCC(N)(CC)COC(C)C(=O)NC(C)C. The van der Waals surface area contributed by atoms with Gasteiger partial charge in [-0.3, -0.25) is 4.79 Å². The molecule has 0 radical (unpaired) electrons. The molecule has 1 unspecified atom stereocenters. The lowest BCUT2D eigenvalue weighted by Crippen LogP contribution is -2.46. The Bertz CT molecular complexity index is 213. The average molecular weight is 230 g/mol. The summed E-state index contributed by atoms with van der Waals surface area (Å²) >= 11 is 0. The summed E-state index contributed by atoms with van der Waals surface area (Å²) in [6.07, 6.45) is 1.26. The third-order valence-corrected chi connectivity index (χ3v) is 2.83. The van der Waals surface area contributed by atoms with Crippen molar-refractivity contribution in [2.45, 2.75) is 65.1 Å². The van der Waals surface area contributed by atoms with E-state index in [0.717, 1.165) is 12.8 Å². The number of nitrogens with one attached hydrogen (secondary N) is 1. The molecule has 0 aromatic carbocycles. The van der Waals surface area contributed by atoms with Crippen LogP contribution in [0.3, 0.4) is 0 Å². The van der Waals surface area contributed by atoms with E-state index in [-0.39, 0.29) is 17.5 Å². The molecule has 0 aromatic heterocycles. The quantitative estimate of drug-likeness (QED) is 0.695. The van der Waals surface area contributed by atoms with E-state index in [1.54, 1.807) is 6.92 Å². The highest BCUT2D eigenvalue weighted by molar-refractivity contribution is 5.80. The number of hydrogen-bond donors (Lipinski definition) is 2. The Hall–Kier alpha value is -0.610. The summed E-state index contributed by atoms with van der Waals surface area (Å²) in [5.74, 6) is -0.0791. The molecular weight excluding hydrogens is 204 g/mol. The van der Waals surface area contributed by atoms with Crippen LogP contribution < -0.4 is 11.1 Å². The van der Waals surface area contributed by atoms with Crippen molar-refractivity contribution in [2.75, 3.05) is 6.61 Å². The van der Waals surface area contributed by atoms with Crippen molar-refractivity contribution >= 4 is 5.91 Å². The van der Waals surface area contributed by atoms with Gasteiger partial charge in [-0.2, -0.15) is 0 Å². The van der Waals surface area contributed by atoms with E-state index < -0.39 is 6.10 Å². The van der Waals surface area contributed by atoms with Gasteiger partial charge >= 0.3 is 0 Å². The number of amides is 1. The lowest BCUT2D eigenvalue weighted by Gasteiger charge is -2.28. The fraction of sp³-hybridized carbons (Fsp3) is 0.917. The lowest BCUT2D eigenvalue weighted by molar-refractivity contribution is -0.133. The standard InChI is InChI=1S/C12H26N2O2/c1-6-12(13,7-2)8-16-10(5)11(15)14-9(3)4/h9-10H,6-8,13H2,1-5H3,(H,14,15). The van der Waals surface area contributed by atoms with Gasteiger partial charge in [-0.25, -0.2) is 0 Å². The van der Waals surface area contributed by atoms with Gasteiger partial charge < -0.3 is 15.8 Å². The molecule has 0 saturated heterocycles. The van der Waals surface area contributed by atoms with Crippen LogP contribution >= 0.6 is 0 Å². The second-order valence-electron chi connectivity index (χ2n) is 4.69. The number of carbonyl (C=O) groups is 1. The van der Waals surface area contributed by atoms with Crippen LogP contribution in [0.15, 0.2) is 0 Å². The van der Waals surface area contributed by atoms with Gasteiger partial charge in [-0.05, 0) is 33.6 Å². The molecule has 1 atom stereocenters. The predicted molar refractivity (Wildman–Crippen MR) is 66.2 cm³/mol. The van der Waals surface area contributed by atoms with Crippen molar-refractivity contribution in [3.05, 3.63) is 0 Å². The summed E-state index contributed by atoms with van der Waals surface area (Å²) < 4.78 is 5.51. The number of carbonyl (C=O) groups excluding carboxylic acids is 1. The smallest absolute Gasteiger partial charge is 0.249 e. The minimum Gasteiger partial charge on any atom is -0.367 e. The van der Waals surface area contributed by atoms with E-state index in [9.17, 15) is 4.79 Å². The van der Waals surface area contributed by atoms with Crippen molar-refractivity contribution in [3.63, 3.8) is 0 Å². The van der Waals surface area contributed by atoms with Crippen LogP contribution in [0.25, 0.3) is 0 Å². The van der Waals surface area contributed by atoms with E-state index in [1.807, 2.05) is 27.7 Å². The highest BCUT2D eigenvalue weighted by Gasteiger charge is 2.23. The molecule has 0 aliphatic rings. The van der Waals surface area contributed by atoms with Gasteiger partial charge in [0.25, 0.3) is 0 Å². The van der Waals surface area contributed by atoms with Crippen LogP contribution in [-0.2, 0) is 9.53 Å². The zero-order chi connectivity index (χ0) is 12.8. The van der Waals surface area contributed by atoms with E-state index in [2.05, 4.69) is 5.32 Å². The molecule has 0 rings (SSSR count). The molecule has 0 aliphatic heterocycles. The molecule has 0 aliphatic carbocycles. The molecule has 0 saturated carbocycles. The van der Waals surface area contributed by atoms with Gasteiger partial charge in [0.1, 0.15) is 6.10 Å². The van der Waals surface area contributed by atoms with Crippen LogP contribution in [0.1, 0.15) is 47.5 Å². The maximum atomic E-state index is 11.6. The van der Waals surface area contributed by atoms with Gasteiger partial charge in [-0.15, -0.1) is 0 Å². The molecule has 0 heterocycles. The Morgan fingerprint density at radius 2 is 1.81 bits per heavy atom. The van der Waals surface area contributed by atoms with E-state index in [0.29, 0.717) is 6.61 Å². The Kier molecular flexibility index (Phi) is 6.60. The number of nitrogens with two attached hydrogens (primary N) is 1. The van der Waals surface area contributed by atoms with Gasteiger partial charge in [-0.1, -0.05) is 13.8 Å². The van der Waals surface area contributed by atoms with Crippen LogP contribution in [0.2, 0.25) is 0 Å². The Morgan fingerprint density at radius 1 is 1.31 bits per heavy atom. The third kappa shape index (κ3) is 5.47. The largest absolute Gasteiger partial charge is 0.367 e. The third-order valence-electron chi connectivity index (χ3n) is 2.83. The Morgan fingerprint density at radius 3 is 2.19 bits per heavy atom. The molecular formula is C12H26N2O2. The highest BCUT2D eigenvalue weighted by atomic mass is 16.5. The summed E-state index contributed by atoms with van der Waals surface area (Å²) in [6, 6.07) is 0.138. The van der Waals surface area contributed by atoms with Gasteiger partial charge in [0.05, 0.1) is 6.61 Å². The first kappa shape index (κ1) is 15.4. The summed E-state index contributed by atoms with van der Waals surface area (Å²) in [6.45, 7) is 10.1. The van der Waals surface area contributed by atoms with Gasteiger partial charge in [0.2, 0.25) is 5.91 Å². The number of rotatable bonds is 7. The van der Waals surface area contributed by atoms with Crippen LogP contribution in [-0.4, -0.2) is 30.2 Å². The summed E-state index contributed by atoms with van der Waals surface area (Å²) in [4.78, 5) is 11.6. The summed E-state index contributed by atoms with van der Waals surface area (Å²) in [5.41, 5.74) is 5.78. The molecule has 4 heteroatoms. The predicted octanol–water partition coefficient (Wildman–Crippen LogP) is 1.43. The molecule has 0 spiro atoms. The molecule has 4 nitrogen and oxygen atoms in total. The Labute approximate surface area is 98.9 Å². The average Bonchev–Trinajstić information content (AvgIpc) is 2.24. The molecule has 0 fully saturated rings. The van der Waals surface area contributed by atoms with E-state index in [1.165, 1.54) is 0 Å². The first-order valence-electron chi connectivity index (χ1n) is 6.05. The van der Waals surface area contributed by atoms with Crippen molar-refractivity contribution in [2.24, 2.45) is 5.73 Å². The Balaban J connectivity index is 4.05. The fourth-order valence-electron chi connectivity index (χ4n) is 1.22. The number of hydrogen-bond acceptors (Lipinski definition) is 3. The first-order valence-corrected chi connectivity index (χ1v) is 6.05. The minimum absolute atomic E-state index is 0.0791. The summed E-state index contributed by atoms with van der Waals surface area (Å²) in [5, 5.41) is 2.81. The van der Waals surface area contributed by atoms with Crippen molar-refractivity contribution in [1.29, 1.82) is 0 Å². The van der Waals surface area contributed by atoms with Crippen molar-refractivity contribution < 1.29 is 9.53 Å². The monoisotopic (exact) mass is 230 g/mol. The maximum Gasteiger partial charge on any atom is 0.249 e. The van der Waals surface area contributed by atoms with Crippen molar-refractivity contribution in [1.82, 2.24) is 5.32 Å². The fourth-order valence-corrected chi connectivity index (χ4v) is 1.22. The van der Waals surface area contributed by atoms with E-state index >= 15 is 0 Å². The number of ether oxygens (including phenoxy) is 1. The molecule has 0 bridgehead atoms. The molecule has 16 heavy (non-hydrogen) atoms. The topological polar surface area (TPSA) is 64.3 Å². The minimum atomic E-state index is -0.441. The zero-order valence-electron chi connectivity index (χ0n) is 11.2. The molecule has 1 amide bonds. The van der Waals surface area contributed by atoms with E-state index in [4.69, 9.17) is 10.5 Å². The normalized spacial score (nSPS) is 13.9. The second-order valence-corrected chi connectivity index (χ2v) is 4.69. The molecule has 96 valence electrons. The second kappa shape index (κ2) is 6.86. The maximum absolute atomic E-state index is 11.6. The molecule has 3 N–H and O–H groups in total. The summed E-state index contributed by atoms with van der Waals surface area (Å²) in [7, 11) is 0. The molecule has 0 aromatic rings. The van der Waals surface area contributed by atoms with Crippen LogP contribution in [0.4, 0.5) is 0 Å².